The molecular formula is C13H11F5N2O. The third-order valence-electron chi connectivity index (χ3n) is 2.66. The monoisotopic (exact) mass is 306 g/mol. The van der Waals surface area contributed by atoms with Crippen LogP contribution in [-0.2, 0) is 6.18 Å². The first-order valence-electron chi connectivity index (χ1n) is 6.02. The standard InChI is InChI=1S/C13H11F5N2O/c1-2-19-10-6-11(13(16,17)18)20-9-4-3-7(5-8(9)10)21-12(14)15/h3-6,12H,2H2,1H3,(H,19,20). The largest absolute Gasteiger partial charge is 0.435 e. The number of fused-ring (bicyclic) bond motifs is 1. The van der Waals surface area contributed by atoms with Gasteiger partial charge in [0, 0.05) is 17.6 Å². The van der Waals surface area contributed by atoms with E-state index in [9.17, 15) is 22.0 Å². The Labute approximate surface area is 116 Å². The molecule has 1 aromatic carbocycles. The van der Waals surface area contributed by atoms with Gasteiger partial charge in [0.1, 0.15) is 11.4 Å². The van der Waals surface area contributed by atoms with Crippen LogP contribution in [0.5, 0.6) is 5.75 Å². The normalized spacial score (nSPS) is 12.0. The number of halogens is 5. The van der Waals surface area contributed by atoms with E-state index in [0.29, 0.717) is 6.54 Å². The van der Waals surface area contributed by atoms with Crippen molar-refractivity contribution in [1.29, 1.82) is 0 Å². The molecule has 1 N–H and O–H groups in total. The van der Waals surface area contributed by atoms with E-state index in [2.05, 4.69) is 15.0 Å². The van der Waals surface area contributed by atoms with E-state index in [1.165, 1.54) is 12.1 Å². The lowest BCUT2D eigenvalue weighted by Crippen LogP contribution is -2.10. The number of pyridine rings is 1. The number of aromatic nitrogens is 1. The van der Waals surface area contributed by atoms with E-state index in [4.69, 9.17) is 0 Å². The minimum Gasteiger partial charge on any atom is -0.435 e. The molecule has 0 saturated heterocycles. The van der Waals surface area contributed by atoms with Crippen LogP contribution >= 0.6 is 0 Å². The maximum absolute atomic E-state index is 12.8. The summed E-state index contributed by atoms with van der Waals surface area (Å²) in [6.45, 7) is -0.928. The number of hydrogen-bond acceptors (Lipinski definition) is 3. The molecule has 1 aromatic heterocycles. The second-order valence-corrected chi connectivity index (χ2v) is 4.14. The van der Waals surface area contributed by atoms with E-state index in [1.54, 1.807) is 6.92 Å². The summed E-state index contributed by atoms with van der Waals surface area (Å²) in [5, 5.41) is 3.04. The molecule has 3 nitrogen and oxygen atoms in total. The van der Waals surface area contributed by atoms with Gasteiger partial charge in [0.15, 0.2) is 0 Å². The van der Waals surface area contributed by atoms with Gasteiger partial charge in [-0.2, -0.15) is 22.0 Å². The summed E-state index contributed by atoms with van der Waals surface area (Å²) in [6, 6.07) is 4.44. The summed E-state index contributed by atoms with van der Waals surface area (Å²) in [4.78, 5) is 3.50. The van der Waals surface area contributed by atoms with Crippen molar-refractivity contribution in [2.75, 3.05) is 11.9 Å². The molecule has 0 amide bonds. The van der Waals surface area contributed by atoms with Crippen LogP contribution in [0.2, 0.25) is 0 Å². The number of alkyl halides is 5. The number of nitrogens with one attached hydrogen (secondary N) is 1. The molecule has 0 spiro atoms. The van der Waals surface area contributed by atoms with Crippen LogP contribution in [0.15, 0.2) is 24.3 Å². The number of hydrogen-bond donors (Lipinski definition) is 1. The molecule has 0 aliphatic heterocycles. The van der Waals surface area contributed by atoms with Crippen LogP contribution in [0, 0.1) is 0 Å². The lowest BCUT2D eigenvalue weighted by molar-refractivity contribution is -0.140. The van der Waals surface area contributed by atoms with Crippen LogP contribution in [0.3, 0.4) is 0 Å². The third kappa shape index (κ3) is 3.50. The van der Waals surface area contributed by atoms with E-state index in [0.717, 1.165) is 12.1 Å². The zero-order chi connectivity index (χ0) is 15.6. The van der Waals surface area contributed by atoms with Crippen LogP contribution in [0.25, 0.3) is 10.9 Å². The average molecular weight is 306 g/mol. The third-order valence-corrected chi connectivity index (χ3v) is 2.66. The van der Waals surface area contributed by atoms with Crippen LogP contribution in [0.4, 0.5) is 27.6 Å². The molecule has 2 rings (SSSR count). The Hall–Kier alpha value is -2.12. The Bertz CT molecular complexity index is 642. The molecule has 0 bridgehead atoms. The maximum Gasteiger partial charge on any atom is 0.433 e. The van der Waals surface area contributed by atoms with Crippen molar-refractivity contribution < 1.29 is 26.7 Å². The van der Waals surface area contributed by atoms with Gasteiger partial charge >= 0.3 is 12.8 Å². The van der Waals surface area contributed by atoms with Gasteiger partial charge in [-0.05, 0) is 31.2 Å². The van der Waals surface area contributed by atoms with Gasteiger partial charge in [0.2, 0.25) is 0 Å². The number of rotatable bonds is 4. The van der Waals surface area contributed by atoms with Crippen molar-refractivity contribution in [1.82, 2.24) is 4.98 Å². The summed E-state index contributed by atoms with van der Waals surface area (Å²) in [5.41, 5.74) is -0.842. The van der Waals surface area contributed by atoms with Gasteiger partial charge in [-0.3, -0.25) is 0 Å². The molecule has 0 aliphatic rings. The van der Waals surface area contributed by atoms with Crippen molar-refractivity contribution in [3.63, 3.8) is 0 Å². The van der Waals surface area contributed by atoms with Crippen LogP contribution in [-0.4, -0.2) is 18.1 Å². The summed E-state index contributed by atoms with van der Waals surface area (Å²) < 4.78 is 66.9. The van der Waals surface area contributed by atoms with Gasteiger partial charge in [-0.25, -0.2) is 4.98 Å². The molecule has 0 saturated carbocycles. The molecule has 0 radical (unpaired) electrons. The number of benzene rings is 1. The zero-order valence-corrected chi connectivity index (χ0v) is 10.8. The van der Waals surface area contributed by atoms with Crippen molar-refractivity contribution in [2.45, 2.75) is 19.7 Å². The lowest BCUT2D eigenvalue weighted by atomic mass is 10.1. The highest BCUT2D eigenvalue weighted by atomic mass is 19.4. The summed E-state index contributed by atoms with van der Waals surface area (Å²) in [5.74, 6) is -0.141. The van der Waals surface area contributed by atoms with Gasteiger partial charge < -0.3 is 10.1 Å². The Balaban J connectivity index is 2.58. The molecule has 21 heavy (non-hydrogen) atoms. The van der Waals surface area contributed by atoms with Gasteiger partial charge in [0.05, 0.1) is 5.52 Å². The average Bonchev–Trinajstić information content (AvgIpc) is 2.37. The van der Waals surface area contributed by atoms with Crippen molar-refractivity contribution in [3.8, 4) is 5.75 Å². The minimum atomic E-state index is -4.59. The summed E-state index contributed by atoms with van der Waals surface area (Å²) >= 11 is 0. The van der Waals surface area contributed by atoms with Crippen molar-refractivity contribution in [2.24, 2.45) is 0 Å². The SMILES string of the molecule is CCNc1cc(C(F)(F)F)nc2ccc(OC(F)F)cc12. The molecule has 1 heterocycles. The molecule has 0 fully saturated rings. The molecule has 0 atom stereocenters. The zero-order valence-electron chi connectivity index (χ0n) is 10.8. The summed E-state index contributed by atoms with van der Waals surface area (Å²) in [7, 11) is 0. The Morgan fingerprint density at radius 2 is 1.95 bits per heavy atom. The fourth-order valence-electron chi connectivity index (χ4n) is 1.86. The highest BCUT2D eigenvalue weighted by Crippen LogP contribution is 2.34. The maximum atomic E-state index is 12.8. The Morgan fingerprint density at radius 3 is 2.52 bits per heavy atom. The first-order valence-corrected chi connectivity index (χ1v) is 6.02. The lowest BCUT2D eigenvalue weighted by Gasteiger charge is -2.13. The first kappa shape index (κ1) is 15.3. The van der Waals surface area contributed by atoms with Crippen LogP contribution < -0.4 is 10.1 Å². The second kappa shape index (κ2) is 5.71. The fraction of sp³-hybridized carbons (Fsp3) is 0.308. The van der Waals surface area contributed by atoms with E-state index in [1.807, 2.05) is 0 Å². The first-order chi connectivity index (χ1) is 9.81. The Morgan fingerprint density at radius 1 is 1.24 bits per heavy atom. The molecule has 0 aliphatic carbocycles. The highest BCUT2D eigenvalue weighted by molar-refractivity contribution is 5.92. The van der Waals surface area contributed by atoms with E-state index < -0.39 is 18.5 Å². The quantitative estimate of drug-likeness (QED) is 0.856. The molecular weight excluding hydrogens is 295 g/mol. The van der Waals surface area contributed by atoms with Gasteiger partial charge in [-0.15, -0.1) is 0 Å². The number of anilines is 1. The van der Waals surface area contributed by atoms with Crippen molar-refractivity contribution in [3.05, 3.63) is 30.0 Å². The van der Waals surface area contributed by atoms with E-state index >= 15 is 0 Å². The smallest absolute Gasteiger partial charge is 0.433 e. The summed E-state index contributed by atoms with van der Waals surface area (Å²) in [6.07, 6.45) is -4.59. The van der Waals surface area contributed by atoms with Gasteiger partial charge in [-0.1, -0.05) is 0 Å². The minimum absolute atomic E-state index is 0.0439. The predicted octanol–water partition coefficient (Wildman–Crippen LogP) is 4.29. The molecule has 0 unspecified atom stereocenters. The van der Waals surface area contributed by atoms with Gasteiger partial charge in [0.25, 0.3) is 0 Å². The van der Waals surface area contributed by atoms with Crippen molar-refractivity contribution >= 4 is 16.6 Å². The Kier molecular flexibility index (Phi) is 4.15. The topological polar surface area (TPSA) is 34.2 Å². The highest BCUT2D eigenvalue weighted by Gasteiger charge is 2.33. The second-order valence-electron chi connectivity index (χ2n) is 4.14. The van der Waals surface area contributed by atoms with E-state index in [-0.39, 0.29) is 22.3 Å². The molecule has 2 aromatic rings. The molecule has 8 heteroatoms. The predicted molar refractivity (Wildman–Crippen MR) is 67.5 cm³/mol. The number of ether oxygens (including phenoxy) is 1. The number of nitrogens with zero attached hydrogens (tertiary/aromatic N) is 1. The fourth-order valence-corrected chi connectivity index (χ4v) is 1.86. The van der Waals surface area contributed by atoms with Crippen LogP contribution in [0.1, 0.15) is 12.6 Å². The molecule has 114 valence electrons.